The summed E-state index contributed by atoms with van der Waals surface area (Å²) in [4.78, 5) is 0. The second-order valence-corrected chi connectivity index (χ2v) is 5.08. The minimum Gasteiger partial charge on any atom is -0.399 e. The van der Waals surface area contributed by atoms with Crippen LogP contribution in [0.3, 0.4) is 0 Å². The normalized spacial score (nSPS) is 17.7. The van der Waals surface area contributed by atoms with E-state index in [1.165, 1.54) is 23.3 Å². The molecule has 0 unspecified atom stereocenters. The van der Waals surface area contributed by atoms with Crippen LogP contribution in [0.25, 0.3) is 0 Å². The van der Waals surface area contributed by atoms with Gasteiger partial charge in [-0.1, -0.05) is 43.7 Å². The monoisotopic (exact) mass is 319 g/mol. The number of hydrogen-bond donors (Lipinski definition) is 3. The van der Waals surface area contributed by atoms with Crippen molar-refractivity contribution in [1.82, 2.24) is 5.32 Å². The predicted octanol–water partition coefficient (Wildman–Crippen LogP) is 4.56. The third-order valence-electron chi connectivity index (χ3n) is 3.24. The highest BCUT2D eigenvalue weighted by Crippen LogP contribution is 2.17. The Morgan fingerprint density at radius 3 is 2.09 bits per heavy atom. The topological polar surface area (TPSA) is 64.1 Å². The van der Waals surface area contributed by atoms with E-state index in [2.05, 4.69) is 44.3 Å². The molecule has 0 bridgehead atoms. The zero-order chi connectivity index (χ0) is 18.3. The first-order valence-corrected chi connectivity index (χ1v) is 8.52. The lowest BCUT2D eigenvalue weighted by atomic mass is 10.1. The van der Waals surface area contributed by atoms with Crippen molar-refractivity contribution in [2.24, 2.45) is 11.5 Å². The lowest BCUT2D eigenvalue weighted by molar-refractivity contribution is 0.915. The van der Waals surface area contributed by atoms with Gasteiger partial charge in [-0.25, -0.2) is 0 Å². The average Bonchev–Trinajstić information content (AvgIpc) is 3.03. The molecule has 0 amide bonds. The molecule has 0 atom stereocenters. The zero-order valence-corrected chi connectivity index (χ0v) is 16.2. The summed E-state index contributed by atoms with van der Waals surface area (Å²) >= 11 is 0. The molecule has 1 heterocycles. The van der Waals surface area contributed by atoms with Gasteiger partial charge in [0, 0.05) is 24.5 Å². The number of rotatable bonds is 3. The van der Waals surface area contributed by atoms with E-state index in [0.29, 0.717) is 6.54 Å². The van der Waals surface area contributed by atoms with Crippen molar-refractivity contribution in [3.05, 3.63) is 58.5 Å². The molecule has 0 saturated carbocycles. The third kappa shape index (κ3) is 10.6. The highest BCUT2D eigenvalue weighted by Gasteiger charge is 2.09. The number of allylic oxidation sites excluding steroid dienone is 7. The summed E-state index contributed by atoms with van der Waals surface area (Å²) < 4.78 is 0. The highest BCUT2D eigenvalue weighted by atomic mass is 14.9. The molecule has 1 saturated heterocycles. The predicted molar refractivity (Wildman–Crippen MR) is 106 cm³/mol. The Bertz CT molecular complexity index is 459. The Morgan fingerprint density at radius 1 is 1.13 bits per heavy atom. The molecule has 132 valence electrons. The molecule has 0 aromatic heterocycles. The lowest BCUT2D eigenvalue weighted by Crippen LogP contribution is -2.10. The van der Waals surface area contributed by atoms with Crippen molar-refractivity contribution in [1.29, 1.82) is 0 Å². The van der Waals surface area contributed by atoms with Crippen LogP contribution >= 0.6 is 0 Å². The van der Waals surface area contributed by atoms with Gasteiger partial charge >= 0.3 is 0 Å². The summed E-state index contributed by atoms with van der Waals surface area (Å²) in [6, 6.07) is 0. The van der Waals surface area contributed by atoms with Gasteiger partial charge in [0.2, 0.25) is 0 Å². The molecule has 5 N–H and O–H groups in total. The summed E-state index contributed by atoms with van der Waals surface area (Å²) in [5, 5.41) is 3.36. The molecule has 1 fully saturated rings. The second kappa shape index (κ2) is 15.2. The quantitative estimate of drug-likeness (QED) is 0.668. The van der Waals surface area contributed by atoms with E-state index in [1.54, 1.807) is 0 Å². The molecule has 0 aromatic carbocycles. The fraction of sp³-hybridized carbons (Fsp3) is 0.500. The molecule has 0 aromatic rings. The maximum Gasteiger partial charge on any atom is 0.0370 e. The summed E-state index contributed by atoms with van der Waals surface area (Å²) in [5.41, 5.74) is 16.8. The van der Waals surface area contributed by atoms with E-state index in [-0.39, 0.29) is 0 Å². The minimum atomic E-state index is 0.521. The Balaban J connectivity index is 0. The first kappa shape index (κ1) is 23.5. The van der Waals surface area contributed by atoms with Crippen molar-refractivity contribution in [3.63, 3.8) is 0 Å². The molecular formula is C20H37N3. The fourth-order valence-corrected chi connectivity index (χ4v) is 1.88. The Morgan fingerprint density at radius 2 is 1.74 bits per heavy atom. The second-order valence-electron chi connectivity index (χ2n) is 5.08. The van der Waals surface area contributed by atoms with Gasteiger partial charge < -0.3 is 16.8 Å². The molecule has 3 heteroatoms. The van der Waals surface area contributed by atoms with Gasteiger partial charge in [0.05, 0.1) is 0 Å². The molecule has 0 radical (unpaired) electrons. The minimum absolute atomic E-state index is 0.521. The van der Waals surface area contributed by atoms with Gasteiger partial charge in [0.1, 0.15) is 0 Å². The first-order valence-electron chi connectivity index (χ1n) is 8.52. The van der Waals surface area contributed by atoms with E-state index in [1.807, 2.05) is 39.8 Å². The number of nitrogens with two attached hydrogens (primary N) is 2. The van der Waals surface area contributed by atoms with Crippen molar-refractivity contribution >= 4 is 0 Å². The smallest absolute Gasteiger partial charge is 0.0370 e. The maximum atomic E-state index is 5.55. The van der Waals surface area contributed by atoms with Gasteiger partial charge in [-0.2, -0.15) is 0 Å². The van der Waals surface area contributed by atoms with Gasteiger partial charge in [0.25, 0.3) is 0 Å². The van der Waals surface area contributed by atoms with E-state index in [4.69, 9.17) is 11.5 Å². The molecule has 1 aliphatic heterocycles. The third-order valence-corrected chi connectivity index (χ3v) is 3.24. The summed E-state index contributed by atoms with van der Waals surface area (Å²) in [6.07, 6.45) is 11.4. The van der Waals surface area contributed by atoms with Crippen LogP contribution < -0.4 is 16.8 Å². The van der Waals surface area contributed by atoms with E-state index < -0.39 is 0 Å². The maximum absolute atomic E-state index is 5.55. The van der Waals surface area contributed by atoms with Crippen LogP contribution in [0.5, 0.6) is 0 Å². The van der Waals surface area contributed by atoms with Crippen LogP contribution in [0, 0.1) is 0 Å². The molecular weight excluding hydrogens is 282 g/mol. The van der Waals surface area contributed by atoms with Gasteiger partial charge in [-0.05, 0) is 58.3 Å². The summed E-state index contributed by atoms with van der Waals surface area (Å²) in [5.74, 6) is 0. The van der Waals surface area contributed by atoms with Gasteiger partial charge in [0.15, 0.2) is 0 Å². The average molecular weight is 320 g/mol. The Labute approximate surface area is 143 Å². The van der Waals surface area contributed by atoms with Crippen molar-refractivity contribution in [2.75, 3.05) is 13.1 Å². The molecule has 1 aliphatic rings. The molecule has 3 nitrogen and oxygen atoms in total. The van der Waals surface area contributed by atoms with Crippen LogP contribution in [0.4, 0.5) is 0 Å². The zero-order valence-electron chi connectivity index (χ0n) is 16.2. The summed E-state index contributed by atoms with van der Waals surface area (Å²) in [7, 11) is 0. The molecule has 1 rings (SSSR count). The van der Waals surface area contributed by atoms with Crippen molar-refractivity contribution in [2.45, 2.75) is 54.9 Å². The molecule has 0 aliphatic carbocycles. The van der Waals surface area contributed by atoms with Crippen LogP contribution in [0.1, 0.15) is 54.9 Å². The fourth-order valence-electron chi connectivity index (χ4n) is 1.88. The van der Waals surface area contributed by atoms with Crippen LogP contribution in [-0.2, 0) is 0 Å². The molecule has 23 heavy (non-hydrogen) atoms. The molecule has 0 spiro atoms. The van der Waals surface area contributed by atoms with E-state index in [9.17, 15) is 0 Å². The van der Waals surface area contributed by atoms with E-state index in [0.717, 1.165) is 17.8 Å². The SMILES string of the molecule is C/C=C(CN)\C(N)=C/C.C/C=C1/CCN/C1=C/C=C(C)C.CC. The first-order chi connectivity index (χ1) is 11.0. The van der Waals surface area contributed by atoms with Crippen LogP contribution in [0.15, 0.2) is 58.5 Å². The Hall–Kier alpha value is -1.74. The number of hydrogen-bond acceptors (Lipinski definition) is 3. The lowest BCUT2D eigenvalue weighted by Gasteiger charge is -2.01. The largest absolute Gasteiger partial charge is 0.399 e. The summed E-state index contributed by atoms with van der Waals surface area (Å²) in [6.45, 7) is 15.8. The number of nitrogens with one attached hydrogen (secondary N) is 1. The van der Waals surface area contributed by atoms with Crippen LogP contribution in [0.2, 0.25) is 0 Å². The Kier molecular flexibility index (Phi) is 15.5. The van der Waals surface area contributed by atoms with Crippen molar-refractivity contribution in [3.8, 4) is 0 Å². The van der Waals surface area contributed by atoms with Crippen LogP contribution in [-0.4, -0.2) is 13.1 Å². The van der Waals surface area contributed by atoms with E-state index >= 15 is 0 Å². The van der Waals surface area contributed by atoms with Gasteiger partial charge in [-0.15, -0.1) is 0 Å². The van der Waals surface area contributed by atoms with Gasteiger partial charge in [-0.3, -0.25) is 0 Å². The van der Waals surface area contributed by atoms with Crippen molar-refractivity contribution < 1.29 is 0 Å². The standard InChI is InChI=1S/C11H17N.C7H14N2.C2H6/c1-4-10-7-8-12-11(10)6-5-9(2)3;1-3-6(5-8)7(9)4-2;1-2/h4-6,12H,7-8H2,1-3H3;3-4H,5,8-9H2,1-2H3;1-2H3/b10-4-,11-6+;6-3-,7-4+;. The highest BCUT2D eigenvalue weighted by molar-refractivity contribution is 5.36.